The number of aromatic nitrogens is 2. The van der Waals surface area contributed by atoms with Crippen LogP contribution in [0.1, 0.15) is 25.0 Å². The maximum atomic E-state index is 12.7. The molecule has 1 heterocycles. The van der Waals surface area contributed by atoms with Crippen molar-refractivity contribution in [2.75, 3.05) is 6.61 Å². The van der Waals surface area contributed by atoms with E-state index in [1.807, 2.05) is 0 Å². The van der Waals surface area contributed by atoms with Crippen molar-refractivity contribution in [1.82, 2.24) is 25.9 Å². The summed E-state index contributed by atoms with van der Waals surface area (Å²) < 4.78 is 0. The third kappa shape index (κ3) is 9.61. The van der Waals surface area contributed by atoms with Crippen LogP contribution < -0.4 is 27.4 Å². The van der Waals surface area contributed by atoms with Crippen molar-refractivity contribution in [2.45, 2.75) is 49.9 Å². The lowest BCUT2D eigenvalue weighted by Gasteiger charge is -2.24. The number of nitrogens with two attached hydrogens (primary N) is 2. The molecule has 1 aromatic rings. The average molecular weight is 485 g/mol. The van der Waals surface area contributed by atoms with Crippen LogP contribution >= 0.6 is 0 Å². The van der Waals surface area contributed by atoms with E-state index in [0.29, 0.717) is 5.69 Å². The second-order valence-corrected chi connectivity index (χ2v) is 7.19. The summed E-state index contributed by atoms with van der Waals surface area (Å²) in [5.41, 5.74) is 10.8. The van der Waals surface area contributed by atoms with Gasteiger partial charge in [0.1, 0.15) is 24.2 Å². The fourth-order valence-electron chi connectivity index (χ4n) is 2.66. The Morgan fingerprint density at radius 3 is 2.06 bits per heavy atom. The molecule has 4 atom stereocenters. The van der Waals surface area contributed by atoms with Gasteiger partial charge in [0.15, 0.2) is 0 Å². The van der Waals surface area contributed by atoms with E-state index < -0.39 is 72.8 Å². The molecule has 0 spiro atoms. The Morgan fingerprint density at radius 1 is 0.971 bits per heavy atom. The van der Waals surface area contributed by atoms with Crippen molar-refractivity contribution in [2.24, 2.45) is 11.5 Å². The minimum atomic E-state index is -1.73. The maximum Gasteiger partial charge on any atom is 0.326 e. The van der Waals surface area contributed by atoms with Gasteiger partial charge in [-0.2, -0.15) is 0 Å². The fourth-order valence-corrected chi connectivity index (χ4v) is 2.66. The van der Waals surface area contributed by atoms with Crippen molar-refractivity contribution in [3.63, 3.8) is 0 Å². The first kappa shape index (κ1) is 28.0. The number of H-pyrrole nitrogens is 1. The summed E-state index contributed by atoms with van der Waals surface area (Å²) in [6, 6.07) is -6.05. The summed E-state index contributed by atoms with van der Waals surface area (Å²) in [5, 5.41) is 33.9. The monoisotopic (exact) mass is 485 g/mol. The highest BCUT2D eigenvalue weighted by Gasteiger charge is 2.32. The first-order valence-electron chi connectivity index (χ1n) is 9.92. The first-order valence-corrected chi connectivity index (χ1v) is 9.92. The summed E-state index contributed by atoms with van der Waals surface area (Å²) >= 11 is 0. The van der Waals surface area contributed by atoms with Crippen LogP contribution in [0.4, 0.5) is 0 Å². The molecule has 1 aromatic heterocycles. The van der Waals surface area contributed by atoms with Crippen molar-refractivity contribution in [3.8, 4) is 0 Å². The van der Waals surface area contributed by atoms with Crippen molar-refractivity contribution >= 4 is 35.6 Å². The van der Waals surface area contributed by atoms with Crippen LogP contribution in [0.25, 0.3) is 0 Å². The van der Waals surface area contributed by atoms with Crippen LogP contribution in [-0.2, 0) is 35.2 Å². The number of carboxylic acids is 2. The normalized spacial score (nSPS) is 14.2. The van der Waals surface area contributed by atoms with Crippen molar-refractivity contribution in [1.29, 1.82) is 0 Å². The van der Waals surface area contributed by atoms with E-state index in [1.165, 1.54) is 12.5 Å². The largest absolute Gasteiger partial charge is 0.481 e. The van der Waals surface area contributed by atoms with Crippen molar-refractivity contribution in [3.05, 3.63) is 18.2 Å². The van der Waals surface area contributed by atoms with Gasteiger partial charge >= 0.3 is 11.9 Å². The van der Waals surface area contributed by atoms with Gasteiger partial charge in [0, 0.05) is 24.7 Å². The molecule has 0 aliphatic heterocycles. The highest BCUT2D eigenvalue weighted by Crippen LogP contribution is 2.04. The molecule has 4 unspecified atom stereocenters. The van der Waals surface area contributed by atoms with Crippen LogP contribution in [0.3, 0.4) is 0 Å². The summed E-state index contributed by atoms with van der Waals surface area (Å²) in [6.45, 7) is -0.743. The predicted octanol–water partition coefficient (Wildman–Crippen LogP) is -4.45. The lowest BCUT2D eigenvalue weighted by atomic mass is 10.1. The van der Waals surface area contributed by atoms with Gasteiger partial charge in [-0.15, -0.1) is 0 Å². The lowest BCUT2D eigenvalue weighted by molar-refractivity contribution is -0.143. The molecule has 188 valence electrons. The quantitative estimate of drug-likeness (QED) is 0.114. The third-order valence-corrected chi connectivity index (χ3v) is 4.45. The number of primary amides is 1. The number of hydrogen-bond donors (Lipinski definition) is 9. The second kappa shape index (κ2) is 13.5. The smallest absolute Gasteiger partial charge is 0.326 e. The Hall–Kier alpha value is -4.05. The van der Waals surface area contributed by atoms with Crippen LogP contribution in [0.2, 0.25) is 0 Å². The van der Waals surface area contributed by atoms with Crippen molar-refractivity contribution < 1.29 is 44.1 Å². The van der Waals surface area contributed by atoms with Crippen LogP contribution in [0.15, 0.2) is 12.5 Å². The van der Waals surface area contributed by atoms with E-state index >= 15 is 0 Å². The predicted molar refractivity (Wildman–Crippen MR) is 111 cm³/mol. The Morgan fingerprint density at radius 2 is 1.56 bits per heavy atom. The first-order chi connectivity index (χ1) is 15.9. The Labute approximate surface area is 192 Å². The molecule has 0 fully saturated rings. The van der Waals surface area contributed by atoms with Gasteiger partial charge in [0.25, 0.3) is 0 Å². The molecule has 0 bridgehead atoms. The van der Waals surface area contributed by atoms with Gasteiger partial charge < -0.3 is 47.7 Å². The molecule has 4 amide bonds. The van der Waals surface area contributed by atoms with Gasteiger partial charge in [-0.05, 0) is 6.42 Å². The van der Waals surface area contributed by atoms with Crippen LogP contribution in [-0.4, -0.2) is 91.6 Å². The van der Waals surface area contributed by atoms with Gasteiger partial charge in [0.2, 0.25) is 23.6 Å². The number of aliphatic hydroxyl groups excluding tert-OH is 1. The number of carbonyl (C=O) groups excluding carboxylic acids is 4. The number of hydrogen-bond acceptors (Lipinski definition) is 9. The minimum Gasteiger partial charge on any atom is -0.481 e. The van der Waals surface area contributed by atoms with Gasteiger partial charge in [0.05, 0.1) is 19.4 Å². The molecule has 16 heteroatoms. The molecule has 16 nitrogen and oxygen atoms in total. The molecule has 0 aromatic carbocycles. The topological polar surface area (TPSA) is 280 Å². The van der Waals surface area contributed by atoms with E-state index in [0.717, 1.165) is 0 Å². The summed E-state index contributed by atoms with van der Waals surface area (Å²) in [6.07, 6.45) is 0.845. The Balaban J connectivity index is 2.99. The summed E-state index contributed by atoms with van der Waals surface area (Å²) in [7, 11) is 0. The number of imidazole rings is 1. The second-order valence-electron chi connectivity index (χ2n) is 7.19. The molecule has 0 saturated heterocycles. The van der Waals surface area contributed by atoms with E-state index in [1.54, 1.807) is 0 Å². The number of aromatic amines is 1. The maximum absolute atomic E-state index is 12.7. The van der Waals surface area contributed by atoms with Gasteiger partial charge in [-0.25, -0.2) is 9.78 Å². The zero-order chi connectivity index (χ0) is 25.8. The standard InChI is InChI=1S/C18H27N7O9/c19-9(6-26)15(30)23-10(1-2-13(20)27)16(31)24-11(4-14(28)29)17(32)25-12(18(33)34)3-8-5-21-7-22-8/h5,7,9-12,26H,1-4,6,19H2,(H2,20,27)(H,21,22)(H,23,30)(H,24,31)(H,25,32)(H,28,29)(H,33,34). The van der Waals surface area contributed by atoms with E-state index in [2.05, 4.69) is 25.9 Å². The zero-order valence-corrected chi connectivity index (χ0v) is 17.9. The fraction of sp³-hybridized carbons (Fsp3) is 0.500. The Kier molecular flexibility index (Phi) is 11.1. The highest BCUT2D eigenvalue weighted by molar-refractivity contribution is 5.95. The SMILES string of the molecule is NC(=O)CCC(NC(=O)C(N)CO)C(=O)NC(CC(=O)O)C(=O)NC(Cc1cnc[nH]1)C(=O)O. The number of nitrogens with one attached hydrogen (secondary N) is 4. The summed E-state index contributed by atoms with van der Waals surface area (Å²) in [4.78, 5) is 77.5. The number of rotatable bonds is 15. The van der Waals surface area contributed by atoms with Crippen LogP contribution in [0.5, 0.6) is 0 Å². The molecule has 0 aliphatic carbocycles. The minimum absolute atomic E-state index is 0.203. The number of aliphatic carboxylic acids is 2. The number of carbonyl (C=O) groups is 6. The molecule has 0 saturated carbocycles. The molecule has 11 N–H and O–H groups in total. The lowest BCUT2D eigenvalue weighted by Crippen LogP contribution is -2.58. The molecule has 34 heavy (non-hydrogen) atoms. The average Bonchev–Trinajstić information content (AvgIpc) is 3.27. The zero-order valence-electron chi connectivity index (χ0n) is 17.9. The molecular formula is C18H27N7O9. The number of nitrogens with zero attached hydrogens (tertiary/aromatic N) is 1. The van der Waals surface area contributed by atoms with Gasteiger partial charge in [-0.1, -0.05) is 0 Å². The number of aliphatic hydroxyl groups is 1. The molecule has 0 radical (unpaired) electrons. The molecule has 1 rings (SSSR count). The molecule has 0 aliphatic rings. The summed E-state index contributed by atoms with van der Waals surface area (Å²) in [5.74, 6) is -6.83. The third-order valence-electron chi connectivity index (χ3n) is 4.45. The van der Waals surface area contributed by atoms with E-state index in [-0.39, 0.29) is 19.3 Å². The van der Waals surface area contributed by atoms with Crippen LogP contribution in [0, 0.1) is 0 Å². The number of carboxylic acid groups (broad SMARTS) is 2. The van der Waals surface area contributed by atoms with E-state index in [4.69, 9.17) is 21.7 Å². The highest BCUT2D eigenvalue weighted by atomic mass is 16.4. The van der Waals surface area contributed by atoms with Gasteiger partial charge in [-0.3, -0.25) is 24.0 Å². The Bertz CT molecular complexity index is 890. The van der Waals surface area contributed by atoms with E-state index in [9.17, 15) is 33.9 Å². The molecular weight excluding hydrogens is 458 g/mol. The number of amides is 4.